The second kappa shape index (κ2) is 4.83. The Balaban J connectivity index is 1.89. The Hall–Kier alpha value is -0.0800. The molecule has 0 saturated carbocycles. The van der Waals surface area contributed by atoms with Crippen molar-refractivity contribution >= 4 is 0 Å². The molecule has 12 heavy (non-hydrogen) atoms. The second-order valence-electron chi connectivity index (χ2n) is 3.79. The summed E-state index contributed by atoms with van der Waals surface area (Å²) in [5, 5.41) is 8.93. The zero-order chi connectivity index (χ0) is 8.86. The minimum Gasteiger partial charge on any atom is -0.393 e. The Morgan fingerprint density at radius 1 is 1.25 bits per heavy atom. The monoisotopic (exact) mass is 172 g/mol. The number of hydrogen-bond acceptors (Lipinski definition) is 2. The smallest absolute Gasteiger partial charge is 0.115 e. The van der Waals surface area contributed by atoms with Crippen LogP contribution < -0.4 is 0 Å². The first-order valence-electron chi connectivity index (χ1n) is 5.08. The number of rotatable bonds is 7. The molecule has 1 heterocycles. The number of unbranched alkanes of at least 4 members (excludes halogenated alkanes) is 4. The summed E-state index contributed by atoms with van der Waals surface area (Å²) >= 11 is 0. The molecule has 0 aromatic heterocycles. The lowest BCUT2D eigenvalue weighted by molar-refractivity contribution is 0.161. The Bertz CT molecular complexity index is 119. The minimum atomic E-state index is -0.105. The number of hydrogen-bond donors (Lipinski definition) is 1. The number of aliphatic hydroxyl groups excluding tert-OH is 1. The first-order chi connectivity index (χ1) is 5.83. The van der Waals surface area contributed by atoms with Gasteiger partial charge in [-0.15, -0.1) is 0 Å². The Morgan fingerprint density at radius 2 is 1.92 bits per heavy atom. The molecule has 1 atom stereocenters. The summed E-state index contributed by atoms with van der Waals surface area (Å²) in [6, 6.07) is 0. The highest BCUT2D eigenvalue weighted by Crippen LogP contribution is 2.32. The van der Waals surface area contributed by atoms with Crippen LogP contribution in [0.2, 0.25) is 0 Å². The van der Waals surface area contributed by atoms with E-state index in [1.165, 1.54) is 32.1 Å². The van der Waals surface area contributed by atoms with E-state index in [0.29, 0.717) is 0 Å². The lowest BCUT2D eigenvalue weighted by Gasteiger charge is -2.06. The quantitative estimate of drug-likeness (QED) is 0.471. The molecule has 0 aromatic carbocycles. The van der Waals surface area contributed by atoms with Gasteiger partial charge in [-0.3, -0.25) is 0 Å². The molecule has 0 bridgehead atoms. The Kier molecular flexibility index (Phi) is 4.02. The number of epoxide rings is 1. The fourth-order valence-corrected chi connectivity index (χ4v) is 1.47. The lowest BCUT2D eigenvalue weighted by Crippen LogP contribution is -2.15. The fraction of sp³-hybridized carbons (Fsp3) is 1.00. The molecule has 1 N–H and O–H groups in total. The van der Waals surface area contributed by atoms with Gasteiger partial charge in [0, 0.05) is 0 Å². The van der Waals surface area contributed by atoms with E-state index < -0.39 is 0 Å². The van der Waals surface area contributed by atoms with Crippen molar-refractivity contribution in [1.82, 2.24) is 0 Å². The zero-order valence-corrected chi connectivity index (χ0v) is 8.01. The molecule has 0 spiro atoms. The summed E-state index contributed by atoms with van der Waals surface area (Å²) in [4.78, 5) is 0. The second-order valence-corrected chi connectivity index (χ2v) is 3.79. The van der Waals surface area contributed by atoms with Crippen LogP contribution >= 0.6 is 0 Å². The van der Waals surface area contributed by atoms with Crippen molar-refractivity contribution < 1.29 is 9.84 Å². The van der Waals surface area contributed by atoms with Gasteiger partial charge in [0.15, 0.2) is 0 Å². The van der Waals surface area contributed by atoms with Crippen LogP contribution in [0.5, 0.6) is 0 Å². The third-order valence-corrected chi connectivity index (χ3v) is 2.58. The summed E-state index contributed by atoms with van der Waals surface area (Å²) in [5.41, 5.74) is -0.105. The first-order valence-corrected chi connectivity index (χ1v) is 5.08. The van der Waals surface area contributed by atoms with Crippen LogP contribution in [0.1, 0.15) is 45.4 Å². The molecule has 0 aromatic rings. The van der Waals surface area contributed by atoms with Crippen molar-refractivity contribution in [2.45, 2.75) is 51.0 Å². The van der Waals surface area contributed by atoms with Crippen molar-refractivity contribution in [2.75, 3.05) is 13.2 Å². The predicted molar refractivity (Wildman–Crippen MR) is 49.1 cm³/mol. The standard InChI is InChI=1S/C10H20O2/c1-2-3-4-5-6-7-10(8-11)9-12-10/h11H,2-9H2,1H3/t10-/m0/s1. The average molecular weight is 172 g/mol. The summed E-state index contributed by atoms with van der Waals surface area (Å²) in [5.74, 6) is 0. The number of ether oxygens (including phenoxy) is 1. The first kappa shape index (κ1) is 10.0. The maximum atomic E-state index is 8.93. The van der Waals surface area contributed by atoms with E-state index in [-0.39, 0.29) is 12.2 Å². The fourth-order valence-electron chi connectivity index (χ4n) is 1.47. The van der Waals surface area contributed by atoms with Crippen molar-refractivity contribution in [3.8, 4) is 0 Å². The van der Waals surface area contributed by atoms with Gasteiger partial charge in [0.05, 0.1) is 13.2 Å². The maximum absolute atomic E-state index is 8.93. The molecule has 0 radical (unpaired) electrons. The Labute approximate surface area is 74.9 Å². The average Bonchev–Trinajstić information content (AvgIpc) is 2.85. The molecule has 0 amide bonds. The van der Waals surface area contributed by atoms with E-state index in [0.717, 1.165) is 13.0 Å². The van der Waals surface area contributed by atoms with E-state index in [2.05, 4.69) is 6.92 Å². The highest BCUT2D eigenvalue weighted by Gasteiger charge is 2.43. The van der Waals surface area contributed by atoms with Gasteiger partial charge in [-0.2, -0.15) is 0 Å². The van der Waals surface area contributed by atoms with Crippen molar-refractivity contribution in [3.63, 3.8) is 0 Å². The highest BCUT2D eigenvalue weighted by molar-refractivity contribution is 4.90. The van der Waals surface area contributed by atoms with Crippen LogP contribution in [0.4, 0.5) is 0 Å². The molecule has 1 fully saturated rings. The van der Waals surface area contributed by atoms with E-state index in [9.17, 15) is 0 Å². The van der Waals surface area contributed by atoms with E-state index in [1.54, 1.807) is 0 Å². The molecule has 2 nitrogen and oxygen atoms in total. The third-order valence-electron chi connectivity index (χ3n) is 2.58. The summed E-state index contributed by atoms with van der Waals surface area (Å²) in [6.07, 6.45) is 7.51. The van der Waals surface area contributed by atoms with Crippen molar-refractivity contribution in [2.24, 2.45) is 0 Å². The molecular formula is C10H20O2. The van der Waals surface area contributed by atoms with Gasteiger partial charge < -0.3 is 9.84 Å². The molecular weight excluding hydrogens is 152 g/mol. The van der Waals surface area contributed by atoms with Crippen molar-refractivity contribution in [3.05, 3.63) is 0 Å². The molecule has 0 aliphatic carbocycles. The van der Waals surface area contributed by atoms with Gasteiger partial charge in [-0.05, 0) is 6.42 Å². The molecule has 1 aliphatic heterocycles. The largest absolute Gasteiger partial charge is 0.393 e. The summed E-state index contributed by atoms with van der Waals surface area (Å²) < 4.78 is 5.20. The van der Waals surface area contributed by atoms with E-state index in [4.69, 9.17) is 9.84 Å². The van der Waals surface area contributed by atoms with Gasteiger partial charge >= 0.3 is 0 Å². The van der Waals surface area contributed by atoms with Crippen molar-refractivity contribution in [1.29, 1.82) is 0 Å². The normalized spacial score (nSPS) is 27.5. The lowest BCUT2D eigenvalue weighted by atomic mass is 10.0. The molecule has 0 unspecified atom stereocenters. The van der Waals surface area contributed by atoms with Gasteiger partial charge in [0.1, 0.15) is 5.60 Å². The summed E-state index contributed by atoms with van der Waals surface area (Å²) in [7, 11) is 0. The van der Waals surface area contributed by atoms with Crippen LogP contribution in [0.25, 0.3) is 0 Å². The van der Waals surface area contributed by atoms with Crippen LogP contribution in [0.15, 0.2) is 0 Å². The van der Waals surface area contributed by atoms with E-state index >= 15 is 0 Å². The third kappa shape index (κ3) is 3.11. The zero-order valence-electron chi connectivity index (χ0n) is 8.01. The molecule has 2 heteroatoms. The Morgan fingerprint density at radius 3 is 2.42 bits per heavy atom. The van der Waals surface area contributed by atoms with Crippen LogP contribution in [0, 0.1) is 0 Å². The van der Waals surface area contributed by atoms with Crippen LogP contribution in [0.3, 0.4) is 0 Å². The summed E-state index contributed by atoms with van der Waals surface area (Å²) in [6.45, 7) is 3.21. The minimum absolute atomic E-state index is 0.105. The van der Waals surface area contributed by atoms with Gasteiger partial charge in [-0.1, -0.05) is 39.0 Å². The van der Waals surface area contributed by atoms with Gasteiger partial charge in [0.25, 0.3) is 0 Å². The van der Waals surface area contributed by atoms with Gasteiger partial charge in [-0.25, -0.2) is 0 Å². The predicted octanol–water partition coefficient (Wildman–Crippen LogP) is 2.11. The topological polar surface area (TPSA) is 32.8 Å². The number of aliphatic hydroxyl groups is 1. The maximum Gasteiger partial charge on any atom is 0.115 e. The van der Waals surface area contributed by atoms with Gasteiger partial charge in [0.2, 0.25) is 0 Å². The van der Waals surface area contributed by atoms with E-state index in [1.807, 2.05) is 0 Å². The SMILES string of the molecule is CCCCCCC[C@]1(CO)CO1. The van der Waals surface area contributed by atoms with Crippen LogP contribution in [-0.2, 0) is 4.74 Å². The molecule has 1 saturated heterocycles. The molecule has 72 valence electrons. The molecule has 1 rings (SSSR count). The van der Waals surface area contributed by atoms with Crippen LogP contribution in [-0.4, -0.2) is 23.9 Å². The molecule has 1 aliphatic rings. The highest BCUT2D eigenvalue weighted by atomic mass is 16.6.